The summed E-state index contributed by atoms with van der Waals surface area (Å²) in [6.07, 6.45) is 6.75. The number of amides is 2. The Morgan fingerprint density at radius 3 is 2.80 bits per heavy atom. The van der Waals surface area contributed by atoms with Crippen LogP contribution in [0.3, 0.4) is 0 Å². The van der Waals surface area contributed by atoms with Crippen LogP contribution in [-0.4, -0.2) is 58.5 Å². The van der Waals surface area contributed by atoms with Gasteiger partial charge in [-0.3, -0.25) is 14.6 Å². The number of hydrogen-bond donors (Lipinski definition) is 1. The molecule has 2 bridgehead atoms. The number of rotatable bonds is 6. The smallest absolute Gasteiger partial charge is 0.271 e. The van der Waals surface area contributed by atoms with Crippen LogP contribution < -0.4 is 5.32 Å². The van der Waals surface area contributed by atoms with Crippen molar-refractivity contribution in [1.29, 1.82) is 0 Å². The third kappa shape index (κ3) is 3.66. The lowest BCUT2D eigenvalue weighted by Crippen LogP contribution is -2.48. The first-order valence-electron chi connectivity index (χ1n) is 8.91. The maximum Gasteiger partial charge on any atom is 0.271 e. The minimum absolute atomic E-state index is 0.0185. The molecule has 2 amide bonds. The first-order valence-corrected chi connectivity index (χ1v) is 8.91. The lowest BCUT2D eigenvalue weighted by Gasteiger charge is -2.31. The van der Waals surface area contributed by atoms with Gasteiger partial charge in [-0.05, 0) is 31.1 Å². The number of methoxy groups -OCH3 is 1. The quantitative estimate of drug-likeness (QED) is 0.838. The number of hydrogen-bond acceptors (Lipinski definition) is 5. The van der Waals surface area contributed by atoms with Crippen LogP contribution in [0.1, 0.15) is 43.6 Å². The molecule has 0 radical (unpaired) electrons. The van der Waals surface area contributed by atoms with Gasteiger partial charge in [0.2, 0.25) is 0 Å². The molecule has 25 heavy (non-hydrogen) atoms. The van der Waals surface area contributed by atoms with Crippen molar-refractivity contribution in [3.8, 4) is 0 Å². The van der Waals surface area contributed by atoms with Crippen molar-refractivity contribution < 1.29 is 14.3 Å². The van der Waals surface area contributed by atoms with Gasteiger partial charge in [-0.25, -0.2) is 4.98 Å². The molecule has 1 N–H and O–H groups in total. The Balaban J connectivity index is 1.67. The fourth-order valence-corrected chi connectivity index (χ4v) is 4.02. The highest BCUT2D eigenvalue weighted by molar-refractivity contribution is 5.92. The number of aromatic nitrogens is 2. The van der Waals surface area contributed by atoms with Gasteiger partial charge >= 0.3 is 0 Å². The van der Waals surface area contributed by atoms with E-state index < -0.39 is 6.10 Å². The molecular weight excluding hydrogens is 320 g/mol. The van der Waals surface area contributed by atoms with E-state index in [0.717, 1.165) is 12.8 Å². The van der Waals surface area contributed by atoms with Crippen LogP contribution in [-0.2, 0) is 9.53 Å². The summed E-state index contributed by atoms with van der Waals surface area (Å²) in [5.41, 5.74) is 0.307. The van der Waals surface area contributed by atoms with E-state index in [1.54, 1.807) is 7.11 Å². The molecule has 2 heterocycles. The maximum absolute atomic E-state index is 12.9. The van der Waals surface area contributed by atoms with E-state index >= 15 is 0 Å². The molecule has 1 aromatic rings. The maximum atomic E-state index is 12.9. The van der Waals surface area contributed by atoms with Gasteiger partial charge in [-0.2, -0.15) is 0 Å². The van der Waals surface area contributed by atoms with E-state index in [1.807, 2.05) is 4.90 Å². The van der Waals surface area contributed by atoms with Gasteiger partial charge in [-0.1, -0.05) is 13.8 Å². The second-order valence-electron chi connectivity index (χ2n) is 7.34. The second-order valence-corrected chi connectivity index (χ2v) is 7.34. The molecule has 1 unspecified atom stereocenters. The lowest BCUT2D eigenvalue weighted by atomic mass is 10.0. The van der Waals surface area contributed by atoms with Crippen LogP contribution >= 0.6 is 0 Å². The highest BCUT2D eigenvalue weighted by atomic mass is 16.5. The molecule has 4 atom stereocenters. The number of ether oxygens (including phenoxy) is 1. The van der Waals surface area contributed by atoms with Crippen molar-refractivity contribution >= 4 is 11.8 Å². The van der Waals surface area contributed by atoms with Crippen molar-refractivity contribution in [2.24, 2.45) is 11.8 Å². The van der Waals surface area contributed by atoms with E-state index in [9.17, 15) is 9.59 Å². The first-order chi connectivity index (χ1) is 12.0. The molecule has 136 valence electrons. The van der Waals surface area contributed by atoms with E-state index in [0.29, 0.717) is 30.5 Å². The van der Waals surface area contributed by atoms with Gasteiger partial charge in [0.15, 0.2) is 0 Å². The van der Waals surface area contributed by atoms with Gasteiger partial charge < -0.3 is 15.0 Å². The highest BCUT2D eigenvalue weighted by Gasteiger charge is 2.50. The topological polar surface area (TPSA) is 84.4 Å². The molecule has 2 fully saturated rings. The fourth-order valence-electron chi connectivity index (χ4n) is 4.02. The van der Waals surface area contributed by atoms with Crippen molar-refractivity contribution in [3.05, 3.63) is 24.3 Å². The first kappa shape index (κ1) is 17.8. The van der Waals surface area contributed by atoms with Crippen LogP contribution in [0.2, 0.25) is 0 Å². The van der Waals surface area contributed by atoms with Crippen LogP contribution in [0.4, 0.5) is 0 Å². The summed E-state index contributed by atoms with van der Waals surface area (Å²) in [6, 6.07) is 0.0259. The Kier molecular flexibility index (Phi) is 5.32. The van der Waals surface area contributed by atoms with E-state index in [1.165, 1.54) is 18.6 Å². The number of nitrogens with zero attached hydrogens (tertiary/aromatic N) is 3. The predicted octanol–water partition coefficient (Wildman–Crippen LogP) is 1.26. The standard InChI is InChI=1S/C18H26N4O3/c1-11(2)8-15(25-3)18(24)22-10-12-4-5-14(22)16(12)21-17(23)13-9-19-6-7-20-13/h6-7,9,11-12,14-16H,4-5,8,10H2,1-3H3,(H,21,23)/t12-,14-,15?,16-/m0/s1. The van der Waals surface area contributed by atoms with E-state index in [2.05, 4.69) is 29.1 Å². The van der Waals surface area contributed by atoms with Crippen LogP contribution in [0.15, 0.2) is 18.6 Å². The van der Waals surface area contributed by atoms with Gasteiger partial charge in [-0.15, -0.1) is 0 Å². The molecule has 1 aromatic heterocycles. The normalized spacial score (nSPS) is 26.1. The average Bonchev–Trinajstić information content (AvgIpc) is 3.16. The second kappa shape index (κ2) is 7.47. The molecule has 1 aliphatic carbocycles. The Morgan fingerprint density at radius 1 is 1.36 bits per heavy atom. The predicted molar refractivity (Wildman–Crippen MR) is 91.8 cm³/mol. The third-order valence-electron chi connectivity index (χ3n) is 5.21. The largest absolute Gasteiger partial charge is 0.372 e. The van der Waals surface area contributed by atoms with Crippen molar-refractivity contribution in [3.63, 3.8) is 0 Å². The summed E-state index contributed by atoms with van der Waals surface area (Å²) in [5, 5.41) is 3.06. The molecule has 0 aromatic carbocycles. The van der Waals surface area contributed by atoms with Gasteiger partial charge in [0.05, 0.1) is 18.3 Å². The molecule has 2 aliphatic rings. The van der Waals surface area contributed by atoms with Crippen LogP contribution in [0, 0.1) is 11.8 Å². The molecule has 1 aliphatic heterocycles. The zero-order valence-electron chi connectivity index (χ0n) is 15.0. The Bertz CT molecular complexity index is 622. The van der Waals surface area contributed by atoms with Crippen molar-refractivity contribution in [2.45, 2.75) is 51.3 Å². The molecule has 7 nitrogen and oxygen atoms in total. The van der Waals surface area contributed by atoms with Crippen molar-refractivity contribution in [2.75, 3.05) is 13.7 Å². The molecule has 1 saturated heterocycles. The number of nitrogens with one attached hydrogen (secondary N) is 1. The highest BCUT2D eigenvalue weighted by Crippen LogP contribution is 2.38. The van der Waals surface area contributed by atoms with E-state index in [4.69, 9.17) is 4.74 Å². The SMILES string of the molecule is COC(CC(C)C)C(=O)N1C[C@@H]2CC[C@H]1[C@H]2NC(=O)c1cnccn1. The van der Waals surface area contributed by atoms with Gasteiger partial charge in [0.1, 0.15) is 11.8 Å². The molecule has 0 spiro atoms. The van der Waals surface area contributed by atoms with E-state index in [-0.39, 0.29) is 23.9 Å². The number of fused-ring (bicyclic) bond motifs is 2. The molecule has 7 heteroatoms. The zero-order chi connectivity index (χ0) is 18.0. The Labute approximate surface area is 148 Å². The lowest BCUT2D eigenvalue weighted by molar-refractivity contribution is -0.144. The number of piperidine rings is 1. The molecular formula is C18H26N4O3. The number of likely N-dealkylation sites (tertiary alicyclic amines) is 1. The zero-order valence-corrected chi connectivity index (χ0v) is 15.0. The molecule has 3 rings (SSSR count). The van der Waals surface area contributed by atoms with Crippen LogP contribution in [0.25, 0.3) is 0 Å². The van der Waals surface area contributed by atoms with Crippen LogP contribution in [0.5, 0.6) is 0 Å². The summed E-state index contributed by atoms with van der Waals surface area (Å²) in [7, 11) is 1.59. The summed E-state index contributed by atoms with van der Waals surface area (Å²) >= 11 is 0. The van der Waals surface area contributed by atoms with Gasteiger partial charge in [0, 0.05) is 26.0 Å². The van der Waals surface area contributed by atoms with Gasteiger partial charge in [0.25, 0.3) is 11.8 Å². The molecule has 1 saturated carbocycles. The van der Waals surface area contributed by atoms with Crippen molar-refractivity contribution in [1.82, 2.24) is 20.2 Å². The minimum Gasteiger partial charge on any atom is -0.372 e. The fraction of sp³-hybridized carbons (Fsp3) is 0.667. The Hall–Kier alpha value is -2.02. The Morgan fingerprint density at radius 2 is 2.16 bits per heavy atom. The number of carbonyl (C=O) groups excluding carboxylic acids is 2. The monoisotopic (exact) mass is 346 g/mol. The summed E-state index contributed by atoms with van der Waals surface area (Å²) in [4.78, 5) is 35.1. The average molecular weight is 346 g/mol. The summed E-state index contributed by atoms with van der Waals surface area (Å²) in [6.45, 7) is 4.85. The summed E-state index contributed by atoms with van der Waals surface area (Å²) < 4.78 is 5.43. The number of carbonyl (C=O) groups is 2. The summed E-state index contributed by atoms with van der Waals surface area (Å²) in [5.74, 6) is 0.504. The minimum atomic E-state index is -0.407. The third-order valence-corrected chi connectivity index (χ3v) is 5.21.